The molecule has 0 N–H and O–H groups in total. The number of rotatable bonds is 8. The van der Waals surface area contributed by atoms with Gasteiger partial charge in [0.2, 0.25) is 5.82 Å². The molecule has 180 valence electrons. The molecular formula is C24H20FN3O6S. The van der Waals surface area contributed by atoms with Crippen molar-refractivity contribution in [3.05, 3.63) is 90.1 Å². The average molecular weight is 498 g/mol. The Morgan fingerprint density at radius 2 is 1.77 bits per heavy atom. The van der Waals surface area contributed by atoms with E-state index in [1.807, 2.05) is 0 Å². The predicted octanol–water partition coefficient (Wildman–Crippen LogP) is 4.07. The van der Waals surface area contributed by atoms with E-state index in [4.69, 9.17) is 14.0 Å². The molecule has 0 bridgehead atoms. The lowest BCUT2D eigenvalue weighted by atomic mass is 10.2. The molecule has 0 fully saturated rings. The van der Waals surface area contributed by atoms with Crippen molar-refractivity contribution in [3.8, 4) is 17.1 Å². The fraction of sp³-hybridized carbons (Fsp3) is 0.125. The highest BCUT2D eigenvalue weighted by atomic mass is 32.2. The maximum Gasteiger partial charge on any atom is 0.338 e. The Hall–Kier alpha value is -4.25. The van der Waals surface area contributed by atoms with Crippen LogP contribution in [0.1, 0.15) is 16.2 Å². The van der Waals surface area contributed by atoms with Gasteiger partial charge in [0.05, 0.1) is 23.3 Å². The van der Waals surface area contributed by atoms with Gasteiger partial charge in [0.1, 0.15) is 11.6 Å². The first-order valence-corrected chi connectivity index (χ1v) is 11.7. The molecule has 11 heteroatoms. The van der Waals surface area contributed by atoms with Crippen LogP contribution in [0, 0.1) is 5.82 Å². The summed E-state index contributed by atoms with van der Waals surface area (Å²) in [6, 6.07) is 17.5. The zero-order valence-electron chi connectivity index (χ0n) is 18.7. The molecule has 35 heavy (non-hydrogen) atoms. The summed E-state index contributed by atoms with van der Waals surface area (Å²) in [5.41, 5.74) is 0.992. The van der Waals surface area contributed by atoms with Crippen molar-refractivity contribution in [3.63, 3.8) is 0 Å². The van der Waals surface area contributed by atoms with Crippen molar-refractivity contribution < 1.29 is 31.6 Å². The van der Waals surface area contributed by atoms with Crippen LogP contribution in [0.5, 0.6) is 5.75 Å². The standard InChI is InChI=1S/C24H20FN3O6S/c1-28(19-10-12-20(32-2)13-11-19)35(30,31)21-5-3-4-17(14-21)24(29)33-15-22-26-23(27-34-22)16-6-8-18(25)9-7-16/h3-14H,15H2,1-2H3. The average Bonchev–Trinajstić information content (AvgIpc) is 3.36. The van der Waals surface area contributed by atoms with E-state index >= 15 is 0 Å². The first-order valence-electron chi connectivity index (χ1n) is 10.3. The zero-order valence-corrected chi connectivity index (χ0v) is 19.5. The number of hydrogen-bond acceptors (Lipinski definition) is 8. The molecule has 0 aliphatic heterocycles. The van der Waals surface area contributed by atoms with Crippen molar-refractivity contribution in [2.45, 2.75) is 11.5 Å². The van der Waals surface area contributed by atoms with Crippen LogP contribution in [0.15, 0.2) is 82.2 Å². The zero-order chi connectivity index (χ0) is 25.0. The SMILES string of the molecule is COc1ccc(N(C)S(=O)(=O)c2cccc(C(=O)OCc3nc(-c4ccc(F)cc4)no3)c2)cc1. The number of sulfonamides is 1. The highest BCUT2D eigenvalue weighted by molar-refractivity contribution is 7.92. The van der Waals surface area contributed by atoms with Gasteiger partial charge < -0.3 is 14.0 Å². The molecule has 3 aromatic carbocycles. The second-order valence-electron chi connectivity index (χ2n) is 7.29. The lowest BCUT2D eigenvalue weighted by molar-refractivity contribution is 0.0429. The highest BCUT2D eigenvalue weighted by Gasteiger charge is 2.23. The largest absolute Gasteiger partial charge is 0.497 e. The second-order valence-corrected chi connectivity index (χ2v) is 9.26. The first-order chi connectivity index (χ1) is 16.8. The number of ether oxygens (including phenoxy) is 2. The Balaban J connectivity index is 1.45. The highest BCUT2D eigenvalue weighted by Crippen LogP contribution is 2.25. The number of benzene rings is 3. The summed E-state index contributed by atoms with van der Waals surface area (Å²) in [6.07, 6.45) is 0. The number of aromatic nitrogens is 2. The minimum atomic E-state index is -3.95. The molecule has 0 aliphatic carbocycles. The molecule has 4 aromatic rings. The number of carbonyl (C=O) groups is 1. The van der Waals surface area contributed by atoms with Crippen LogP contribution in [0.4, 0.5) is 10.1 Å². The Morgan fingerprint density at radius 3 is 2.46 bits per heavy atom. The molecule has 0 saturated heterocycles. The Labute approximate surface area is 200 Å². The van der Waals surface area contributed by atoms with E-state index in [1.54, 1.807) is 24.3 Å². The number of nitrogens with zero attached hydrogens (tertiary/aromatic N) is 3. The quantitative estimate of drug-likeness (QED) is 0.335. The minimum Gasteiger partial charge on any atom is -0.497 e. The molecule has 0 radical (unpaired) electrons. The Bertz CT molecular complexity index is 1440. The lowest BCUT2D eigenvalue weighted by Crippen LogP contribution is -2.26. The second kappa shape index (κ2) is 9.94. The number of carbonyl (C=O) groups excluding carboxylic acids is 1. The fourth-order valence-corrected chi connectivity index (χ4v) is 4.35. The third-order valence-corrected chi connectivity index (χ3v) is 6.84. The molecular weight excluding hydrogens is 477 g/mol. The monoisotopic (exact) mass is 497 g/mol. The van der Waals surface area contributed by atoms with Gasteiger partial charge >= 0.3 is 5.97 Å². The van der Waals surface area contributed by atoms with Gasteiger partial charge in [0.15, 0.2) is 6.61 Å². The smallest absolute Gasteiger partial charge is 0.338 e. The fourth-order valence-electron chi connectivity index (χ4n) is 3.11. The third-order valence-electron chi connectivity index (χ3n) is 5.06. The van der Waals surface area contributed by atoms with E-state index in [0.29, 0.717) is 17.0 Å². The van der Waals surface area contributed by atoms with Crippen molar-refractivity contribution in [1.82, 2.24) is 10.1 Å². The predicted molar refractivity (Wildman–Crippen MR) is 124 cm³/mol. The van der Waals surface area contributed by atoms with Crippen molar-refractivity contribution in [2.24, 2.45) is 0 Å². The molecule has 0 atom stereocenters. The maximum absolute atomic E-state index is 13.1. The third kappa shape index (κ3) is 5.30. The van der Waals surface area contributed by atoms with Gasteiger partial charge in [-0.15, -0.1) is 0 Å². The normalized spacial score (nSPS) is 11.2. The van der Waals surface area contributed by atoms with Crippen LogP contribution in [0.25, 0.3) is 11.4 Å². The molecule has 1 aromatic heterocycles. The molecule has 0 amide bonds. The summed E-state index contributed by atoms with van der Waals surface area (Å²) in [5, 5.41) is 3.78. The summed E-state index contributed by atoms with van der Waals surface area (Å²) < 4.78 is 55.7. The minimum absolute atomic E-state index is 0.0284. The van der Waals surface area contributed by atoms with Gasteiger partial charge in [-0.3, -0.25) is 4.31 Å². The van der Waals surface area contributed by atoms with E-state index in [9.17, 15) is 17.6 Å². The number of halogens is 1. The number of methoxy groups -OCH3 is 1. The summed E-state index contributed by atoms with van der Waals surface area (Å²) in [4.78, 5) is 16.6. The van der Waals surface area contributed by atoms with E-state index in [2.05, 4.69) is 10.1 Å². The van der Waals surface area contributed by atoms with E-state index in [0.717, 1.165) is 4.31 Å². The van der Waals surface area contributed by atoms with E-state index < -0.39 is 21.8 Å². The van der Waals surface area contributed by atoms with Gasteiger partial charge in [0.25, 0.3) is 15.9 Å². The van der Waals surface area contributed by atoms with Crippen molar-refractivity contribution in [1.29, 1.82) is 0 Å². The van der Waals surface area contributed by atoms with Crippen LogP contribution in [0.2, 0.25) is 0 Å². The Morgan fingerprint density at radius 1 is 1.06 bits per heavy atom. The van der Waals surface area contributed by atoms with Crippen LogP contribution >= 0.6 is 0 Å². The first kappa shape index (κ1) is 23.9. The molecule has 9 nitrogen and oxygen atoms in total. The number of esters is 1. The molecule has 4 rings (SSSR count). The van der Waals surface area contributed by atoms with Crippen LogP contribution in [0.3, 0.4) is 0 Å². The lowest BCUT2D eigenvalue weighted by Gasteiger charge is -2.20. The summed E-state index contributed by atoms with van der Waals surface area (Å²) >= 11 is 0. The van der Waals surface area contributed by atoms with Gasteiger partial charge in [-0.2, -0.15) is 4.98 Å². The number of anilines is 1. The summed E-state index contributed by atoms with van der Waals surface area (Å²) in [7, 11) is -1.02. The van der Waals surface area contributed by atoms with Crippen molar-refractivity contribution >= 4 is 21.7 Å². The van der Waals surface area contributed by atoms with Gasteiger partial charge in [0, 0.05) is 12.6 Å². The van der Waals surface area contributed by atoms with Crippen LogP contribution in [-0.2, 0) is 21.4 Å². The van der Waals surface area contributed by atoms with Crippen LogP contribution in [-0.4, -0.2) is 38.7 Å². The van der Waals surface area contributed by atoms with Gasteiger partial charge in [-0.25, -0.2) is 17.6 Å². The molecule has 0 unspecified atom stereocenters. The van der Waals surface area contributed by atoms with Gasteiger partial charge in [-0.1, -0.05) is 11.2 Å². The van der Waals surface area contributed by atoms with Crippen molar-refractivity contribution in [2.75, 3.05) is 18.5 Å². The molecule has 0 aliphatic rings. The van der Waals surface area contributed by atoms with Crippen LogP contribution < -0.4 is 9.04 Å². The van der Waals surface area contributed by atoms with Gasteiger partial charge in [-0.05, 0) is 66.7 Å². The van der Waals surface area contributed by atoms with E-state index in [1.165, 1.54) is 62.7 Å². The molecule has 1 heterocycles. The summed E-state index contributed by atoms with van der Waals surface area (Å²) in [5.74, 6) is -0.330. The summed E-state index contributed by atoms with van der Waals surface area (Å²) in [6.45, 7) is -0.324. The molecule has 0 spiro atoms. The number of hydrogen-bond donors (Lipinski definition) is 0. The maximum atomic E-state index is 13.1. The molecule has 0 saturated carbocycles. The Kier molecular flexibility index (Phi) is 6.78. The topological polar surface area (TPSA) is 112 Å². The van der Waals surface area contributed by atoms with E-state index in [-0.39, 0.29) is 28.8 Å².